The van der Waals surface area contributed by atoms with Crippen LogP contribution in [0.4, 0.5) is 0 Å². The standard InChI is InChI=1S/C21H28N4O/c1-14-8-10-16(11-9-14)20(25(3)4)21(26)22-13-12-19-23-15(2)17-6-5-7-18(17)24-19/h8-11,20H,5-7,12-13H2,1-4H3,(H,22,26)/t20-/m0/s1. The lowest BCUT2D eigenvalue weighted by Gasteiger charge is -2.24. The second-order valence-electron chi connectivity index (χ2n) is 7.32. The number of nitrogens with one attached hydrogen (secondary N) is 1. The van der Waals surface area contributed by atoms with Crippen molar-refractivity contribution in [2.45, 2.75) is 45.6 Å². The van der Waals surface area contributed by atoms with Gasteiger partial charge in [0.05, 0.1) is 0 Å². The molecule has 0 aliphatic heterocycles. The minimum absolute atomic E-state index is 0.0109. The van der Waals surface area contributed by atoms with Crippen LogP contribution < -0.4 is 5.32 Å². The Kier molecular flexibility index (Phi) is 5.67. The third-order valence-electron chi connectivity index (χ3n) is 4.99. The number of aryl methyl sites for hydroxylation is 3. The van der Waals surface area contributed by atoms with Gasteiger partial charge >= 0.3 is 0 Å². The Morgan fingerprint density at radius 2 is 1.88 bits per heavy atom. The van der Waals surface area contributed by atoms with Crippen molar-refractivity contribution in [2.24, 2.45) is 0 Å². The second-order valence-corrected chi connectivity index (χ2v) is 7.32. The molecule has 0 fully saturated rings. The van der Waals surface area contributed by atoms with Crippen molar-refractivity contribution in [3.05, 3.63) is 58.2 Å². The van der Waals surface area contributed by atoms with Gasteiger partial charge in [-0.3, -0.25) is 9.69 Å². The van der Waals surface area contributed by atoms with Crippen molar-refractivity contribution >= 4 is 5.91 Å². The highest BCUT2D eigenvalue weighted by Gasteiger charge is 2.22. The predicted octanol–water partition coefficient (Wildman–Crippen LogP) is 2.54. The average Bonchev–Trinajstić information content (AvgIpc) is 3.06. The summed E-state index contributed by atoms with van der Waals surface area (Å²) < 4.78 is 0. The number of hydrogen-bond donors (Lipinski definition) is 1. The molecule has 0 unspecified atom stereocenters. The van der Waals surface area contributed by atoms with Crippen LogP contribution in [0, 0.1) is 13.8 Å². The Hall–Kier alpha value is -2.27. The Morgan fingerprint density at radius 1 is 1.15 bits per heavy atom. The molecule has 1 aromatic heterocycles. The third-order valence-corrected chi connectivity index (χ3v) is 4.99. The van der Waals surface area contributed by atoms with E-state index >= 15 is 0 Å². The summed E-state index contributed by atoms with van der Waals surface area (Å²) in [6.45, 7) is 4.66. The molecule has 26 heavy (non-hydrogen) atoms. The molecule has 5 heteroatoms. The van der Waals surface area contributed by atoms with Gasteiger partial charge in [0.2, 0.25) is 5.91 Å². The molecular weight excluding hydrogens is 324 g/mol. The predicted molar refractivity (Wildman–Crippen MR) is 103 cm³/mol. The summed E-state index contributed by atoms with van der Waals surface area (Å²) in [5.41, 5.74) is 5.81. The van der Waals surface area contributed by atoms with Crippen LogP contribution in [-0.4, -0.2) is 41.4 Å². The van der Waals surface area contributed by atoms with Crippen molar-refractivity contribution in [3.63, 3.8) is 0 Å². The van der Waals surface area contributed by atoms with E-state index in [2.05, 4.69) is 22.2 Å². The number of carbonyl (C=O) groups excluding carboxylic acids is 1. The number of fused-ring (bicyclic) bond motifs is 1. The van der Waals surface area contributed by atoms with E-state index < -0.39 is 0 Å². The SMILES string of the molecule is Cc1ccc([C@@H](C(=O)NCCc2nc(C)c3c(n2)CCC3)N(C)C)cc1. The highest BCUT2D eigenvalue weighted by molar-refractivity contribution is 5.83. The quantitative estimate of drug-likeness (QED) is 0.868. The lowest BCUT2D eigenvalue weighted by molar-refractivity contribution is -0.125. The molecule has 1 atom stereocenters. The van der Waals surface area contributed by atoms with Crippen LogP contribution in [0.1, 0.15) is 46.4 Å². The van der Waals surface area contributed by atoms with Crippen LogP contribution in [0.5, 0.6) is 0 Å². The molecular formula is C21H28N4O. The first-order valence-electron chi connectivity index (χ1n) is 9.31. The molecule has 5 nitrogen and oxygen atoms in total. The van der Waals surface area contributed by atoms with E-state index in [0.717, 1.165) is 29.9 Å². The zero-order chi connectivity index (χ0) is 18.7. The van der Waals surface area contributed by atoms with E-state index in [1.807, 2.05) is 50.2 Å². The van der Waals surface area contributed by atoms with Gasteiger partial charge in [0.15, 0.2) is 0 Å². The zero-order valence-corrected chi connectivity index (χ0v) is 16.2. The van der Waals surface area contributed by atoms with Crippen molar-refractivity contribution < 1.29 is 4.79 Å². The lowest BCUT2D eigenvalue weighted by Crippen LogP contribution is -2.38. The Balaban J connectivity index is 1.62. The maximum absolute atomic E-state index is 12.7. The molecule has 1 aliphatic rings. The van der Waals surface area contributed by atoms with Gasteiger partial charge in [0.1, 0.15) is 11.9 Å². The number of nitrogens with zero attached hydrogens (tertiary/aromatic N) is 3. The van der Waals surface area contributed by atoms with Gasteiger partial charge < -0.3 is 5.32 Å². The Morgan fingerprint density at radius 3 is 2.58 bits per heavy atom. The summed E-state index contributed by atoms with van der Waals surface area (Å²) >= 11 is 0. The molecule has 0 saturated carbocycles. The molecule has 0 bridgehead atoms. The zero-order valence-electron chi connectivity index (χ0n) is 16.2. The largest absolute Gasteiger partial charge is 0.354 e. The van der Waals surface area contributed by atoms with Crippen LogP contribution in [-0.2, 0) is 24.1 Å². The van der Waals surface area contributed by atoms with Crippen LogP contribution in [0.15, 0.2) is 24.3 Å². The van der Waals surface area contributed by atoms with Crippen LogP contribution in [0.2, 0.25) is 0 Å². The van der Waals surface area contributed by atoms with Crippen LogP contribution in [0.3, 0.4) is 0 Å². The number of carbonyl (C=O) groups is 1. The van der Waals surface area contributed by atoms with Gasteiger partial charge in [-0.15, -0.1) is 0 Å². The van der Waals surface area contributed by atoms with E-state index in [0.29, 0.717) is 13.0 Å². The molecule has 1 aliphatic carbocycles. The summed E-state index contributed by atoms with van der Waals surface area (Å²) in [5.74, 6) is 0.844. The van der Waals surface area contributed by atoms with Crippen LogP contribution in [0.25, 0.3) is 0 Å². The molecule has 138 valence electrons. The topological polar surface area (TPSA) is 58.1 Å². The molecule has 1 N–H and O–H groups in total. The van der Waals surface area contributed by atoms with E-state index in [1.54, 1.807) is 0 Å². The fourth-order valence-electron chi connectivity index (χ4n) is 3.62. The lowest BCUT2D eigenvalue weighted by atomic mass is 10.0. The number of amides is 1. The number of rotatable bonds is 6. The van der Waals surface area contributed by atoms with Gasteiger partial charge in [0, 0.05) is 24.4 Å². The maximum Gasteiger partial charge on any atom is 0.241 e. The molecule has 0 spiro atoms. The van der Waals surface area contributed by atoms with E-state index in [4.69, 9.17) is 0 Å². The highest BCUT2D eigenvalue weighted by atomic mass is 16.2. The molecule has 0 saturated heterocycles. The molecule has 0 radical (unpaired) electrons. The number of likely N-dealkylation sites (N-methyl/N-ethyl adjacent to an activating group) is 1. The average molecular weight is 352 g/mol. The van der Waals surface area contributed by atoms with Gasteiger partial charge in [-0.1, -0.05) is 29.8 Å². The van der Waals surface area contributed by atoms with Crippen molar-refractivity contribution in [3.8, 4) is 0 Å². The minimum atomic E-state index is -0.293. The van der Waals surface area contributed by atoms with E-state index in [9.17, 15) is 4.79 Å². The van der Waals surface area contributed by atoms with Crippen molar-refractivity contribution in [1.29, 1.82) is 0 Å². The Labute approximate surface area is 155 Å². The van der Waals surface area contributed by atoms with Gasteiger partial charge in [-0.2, -0.15) is 0 Å². The summed E-state index contributed by atoms with van der Waals surface area (Å²) in [7, 11) is 3.86. The van der Waals surface area contributed by atoms with Crippen LogP contribution >= 0.6 is 0 Å². The highest BCUT2D eigenvalue weighted by Crippen LogP contribution is 2.22. The molecule has 1 heterocycles. The minimum Gasteiger partial charge on any atom is -0.354 e. The monoisotopic (exact) mass is 352 g/mol. The van der Waals surface area contributed by atoms with Crippen molar-refractivity contribution in [2.75, 3.05) is 20.6 Å². The third kappa shape index (κ3) is 4.10. The Bertz CT molecular complexity index is 783. The molecule has 1 amide bonds. The number of hydrogen-bond acceptors (Lipinski definition) is 4. The fraction of sp³-hybridized carbons (Fsp3) is 0.476. The summed E-state index contributed by atoms with van der Waals surface area (Å²) in [6, 6.07) is 7.83. The van der Waals surface area contributed by atoms with Gasteiger partial charge in [-0.05, 0) is 58.3 Å². The first-order valence-corrected chi connectivity index (χ1v) is 9.31. The molecule has 1 aromatic carbocycles. The second kappa shape index (κ2) is 7.96. The number of benzene rings is 1. The smallest absolute Gasteiger partial charge is 0.241 e. The molecule has 3 rings (SSSR count). The first kappa shape index (κ1) is 18.5. The normalized spacial score (nSPS) is 14.3. The summed E-state index contributed by atoms with van der Waals surface area (Å²) in [5, 5.41) is 3.05. The maximum atomic E-state index is 12.7. The van der Waals surface area contributed by atoms with E-state index in [1.165, 1.54) is 23.2 Å². The van der Waals surface area contributed by atoms with Gasteiger partial charge in [0.25, 0.3) is 0 Å². The number of aromatic nitrogens is 2. The first-order chi connectivity index (χ1) is 12.5. The van der Waals surface area contributed by atoms with Crippen molar-refractivity contribution in [1.82, 2.24) is 20.2 Å². The summed E-state index contributed by atoms with van der Waals surface area (Å²) in [4.78, 5) is 24.0. The van der Waals surface area contributed by atoms with E-state index in [-0.39, 0.29) is 11.9 Å². The summed E-state index contributed by atoms with van der Waals surface area (Å²) in [6.07, 6.45) is 3.98. The fourth-order valence-corrected chi connectivity index (χ4v) is 3.62. The van der Waals surface area contributed by atoms with Gasteiger partial charge in [-0.25, -0.2) is 9.97 Å². The molecule has 2 aromatic rings.